The van der Waals surface area contributed by atoms with Crippen LogP contribution in [0.2, 0.25) is 0 Å². The summed E-state index contributed by atoms with van der Waals surface area (Å²) in [6.07, 6.45) is 3.84. The number of sulfone groups is 1. The first-order valence-corrected chi connectivity index (χ1v) is 9.28. The second-order valence-corrected chi connectivity index (χ2v) is 8.02. The molecule has 0 spiro atoms. The number of hydrogen-bond acceptors (Lipinski definition) is 4. The lowest BCUT2D eigenvalue weighted by atomic mass is 9.91. The lowest BCUT2D eigenvalue weighted by Crippen LogP contribution is -2.43. The summed E-state index contributed by atoms with van der Waals surface area (Å²) in [7, 11) is -3.31. The summed E-state index contributed by atoms with van der Waals surface area (Å²) in [4.78, 5) is 14.1. The molecule has 0 N–H and O–H groups in total. The number of hydrogen-bond donors (Lipinski definition) is 0. The zero-order valence-electron chi connectivity index (χ0n) is 12.6. The second kappa shape index (κ2) is 6.64. The lowest BCUT2D eigenvalue weighted by molar-refractivity contribution is -0.133. The van der Waals surface area contributed by atoms with Crippen LogP contribution in [0, 0.1) is 5.92 Å². The highest BCUT2D eigenvalue weighted by atomic mass is 32.2. The zero-order chi connectivity index (χ0) is 15.5. The highest BCUT2D eigenvalue weighted by Crippen LogP contribution is 2.34. The molecule has 0 radical (unpaired) electrons. The molecule has 1 saturated heterocycles. The van der Waals surface area contributed by atoms with Crippen molar-refractivity contribution in [3.8, 4) is 0 Å². The van der Waals surface area contributed by atoms with Crippen molar-refractivity contribution < 1.29 is 17.6 Å². The van der Waals surface area contributed by atoms with E-state index in [-0.39, 0.29) is 17.7 Å². The maximum Gasteiger partial charge on any atom is 0.238 e. The summed E-state index contributed by atoms with van der Waals surface area (Å²) in [5, 5.41) is 0. The number of carbonyl (C=O) groups is 1. The van der Waals surface area contributed by atoms with E-state index in [1.54, 1.807) is 24.2 Å². The highest BCUT2D eigenvalue weighted by molar-refractivity contribution is 7.92. The Morgan fingerprint density at radius 2 is 2.24 bits per heavy atom. The molecule has 0 unspecified atom stereocenters. The fourth-order valence-electron chi connectivity index (χ4n) is 2.84. The molecule has 1 fully saturated rings. The monoisotopic (exact) mass is 313 g/mol. The largest absolute Gasteiger partial charge is 0.467 e. The minimum absolute atomic E-state index is 0.0639. The molecule has 1 aliphatic rings. The lowest BCUT2D eigenvalue weighted by Gasteiger charge is -2.37. The Morgan fingerprint density at radius 1 is 1.48 bits per heavy atom. The molecule has 21 heavy (non-hydrogen) atoms. The Morgan fingerprint density at radius 3 is 2.86 bits per heavy atom. The molecule has 1 aliphatic heterocycles. The van der Waals surface area contributed by atoms with E-state index in [0.29, 0.717) is 18.9 Å². The van der Waals surface area contributed by atoms with Crippen molar-refractivity contribution >= 4 is 15.7 Å². The molecule has 2 rings (SSSR count). The van der Waals surface area contributed by atoms with Gasteiger partial charge >= 0.3 is 0 Å². The molecule has 6 heteroatoms. The van der Waals surface area contributed by atoms with Crippen LogP contribution in [-0.4, -0.2) is 37.3 Å². The van der Waals surface area contributed by atoms with E-state index in [4.69, 9.17) is 4.42 Å². The van der Waals surface area contributed by atoms with Crippen LogP contribution < -0.4 is 0 Å². The van der Waals surface area contributed by atoms with Crippen LogP contribution in [-0.2, 0) is 14.6 Å². The van der Waals surface area contributed by atoms with Gasteiger partial charge in [0.1, 0.15) is 11.5 Å². The summed E-state index contributed by atoms with van der Waals surface area (Å²) in [5.41, 5.74) is 0. The van der Waals surface area contributed by atoms with E-state index in [1.165, 1.54) is 0 Å². The number of carbonyl (C=O) groups excluding carboxylic acids is 1. The Kier molecular flexibility index (Phi) is 5.08. The van der Waals surface area contributed by atoms with E-state index in [1.807, 2.05) is 6.07 Å². The van der Waals surface area contributed by atoms with Crippen molar-refractivity contribution in [2.24, 2.45) is 5.92 Å². The second-order valence-electron chi connectivity index (χ2n) is 5.84. The molecule has 0 aromatic carbocycles. The number of likely N-dealkylation sites (tertiary alicyclic amines) is 1. The number of piperidine rings is 1. The maximum absolute atomic E-state index is 12.4. The molecule has 0 saturated carbocycles. The molecular weight excluding hydrogens is 290 g/mol. The van der Waals surface area contributed by atoms with E-state index < -0.39 is 15.6 Å². The van der Waals surface area contributed by atoms with Gasteiger partial charge in [-0.2, -0.15) is 0 Å². The Balaban J connectivity index is 2.14. The minimum atomic E-state index is -3.31. The highest BCUT2D eigenvalue weighted by Gasteiger charge is 2.34. The molecule has 2 heterocycles. The van der Waals surface area contributed by atoms with Crippen molar-refractivity contribution in [3.05, 3.63) is 24.2 Å². The van der Waals surface area contributed by atoms with E-state index >= 15 is 0 Å². The van der Waals surface area contributed by atoms with E-state index in [0.717, 1.165) is 18.6 Å². The van der Waals surface area contributed by atoms with Crippen LogP contribution in [0.4, 0.5) is 0 Å². The molecule has 0 bridgehead atoms. The predicted octanol–water partition coefficient (Wildman–Crippen LogP) is 2.40. The van der Waals surface area contributed by atoms with Gasteiger partial charge in [0, 0.05) is 6.54 Å². The SMILES string of the molecule is CCCS(=O)(=O)CC(=O)N1CC[C@H](C)C[C@@H]1c1ccco1. The van der Waals surface area contributed by atoms with Crippen molar-refractivity contribution in [2.45, 2.75) is 39.2 Å². The standard InChI is InChI=1S/C15H23NO4S/c1-3-9-21(18,19)11-15(17)16-7-6-12(2)10-13(16)14-5-4-8-20-14/h4-5,8,12-13H,3,6-7,9-11H2,1-2H3/t12-,13+/m0/s1. The van der Waals surface area contributed by atoms with Crippen LogP contribution in [0.25, 0.3) is 0 Å². The molecule has 118 valence electrons. The van der Waals surface area contributed by atoms with E-state index in [2.05, 4.69) is 6.92 Å². The average molecular weight is 313 g/mol. The van der Waals surface area contributed by atoms with Gasteiger partial charge in [0.05, 0.1) is 18.1 Å². The van der Waals surface area contributed by atoms with Gasteiger partial charge < -0.3 is 9.32 Å². The normalized spacial score (nSPS) is 23.2. The third kappa shape index (κ3) is 4.09. The summed E-state index contributed by atoms with van der Waals surface area (Å²) >= 11 is 0. The smallest absolute Gasteiger partial charge is 0.238 e. The summed E-state index contributed by atoms with van der Waals surface area (Å²) in [5.74, 6) is 0.594. The molecule has 5 nitrogen and oxygen atoms in total. The Bertz CT molecular complexity index is 565. The van der Waals surface area contributed by atoms with Gasteiger partial charge in [0.25, 0.3) is 0 Å². The maximum atomic E-state index is 12.4. The average Bonchev–Trinajstić information content (AvgIpc) is 2.91. The fraction of sp³-hybridized carbons (Fsp3) is 0.667. The van der Waals surface area contributed by atoms with E-state index in [9.17, 15) is 13.2 Å². The van der Waals surface area contributed by atoms with Gasteiger partial charge in [-0.1, -0.05) is 13.8 Å². The van der Waals surface area contributed by atoms with Gasteiger partial charge in [0.15, 0.2) is 9.84 Å². The summed E-state index contributed by atoms with van der Waals surface area (Å²) < 4.78 is 29.2. The summed E-state index contributed by atoms with van der Waals surface area (Å²) in [6.45, 7) is 4.54. The summed E-state index contributed by atoms with van der Waals surface area (Å²) in [6, 6.07) is 3.50. The first kappa shape index (κ1) is 16.1. The molecule has 2 atom stereocenters. The third-order valence-corrected chi connectivity index (χ3v) is 5.63. The van der Waals surface area contributed by atoms with Gasteiger partial charge in [0.2, 0.25) is 5.91 Å². The number of rotatable bonds is 5. The number of nitrogens with zero attached hydrogens (tertiary/aromatic N) is 1. The van der Waals surface area contributed by atoms with Gasteiger partial charge in [-0.3, -0.25) is 4.79 Å². The van der Waals surface area contributed by atoms with Gasteiger partial charge in [-0.05, 0) is 37.3 Å². The number of furan rings is 1. The topological polar surface area (TPSA) is 67.6 Å². The van der Waals surface area contributed by atoms with Crippen molar-refractivity contribution in [3.63, 3.8) is 0 Å². The molecule has 1 aromatic heterocycles. The Labute approximate surface area is 126 Å². The van der Waals surface area contributed by atoms with Crippen LogP contribution in [0.1, 0.15) is 44.9 Å². The van der Waals surface area contributed by atoms with Crippen LogP contribution in [0.15, 0.2) is 22.8 Å². The van der Waals surface area contributed by atoms with Crippen LogP contribution in [0.5, 0.6) is 0 Å². The van der Waals surface area contributed by atoms with Crippen molar-refractivity contribution in [1.29, 1.82) is 0 Å². The molecule has 1 amide bonds. The molecule has 1 aromatic rings. The quantitative estimate of drug-likeness (QED) is 0.837. The molecule has 0 aliphatic carbocycles. The van der Waals surface area contributed by atoms with Crippen molar-refractivity contribution in [2.75, 3.05) is 18.1 Å². The van der Waals surface area contributed by atoms with Gasteiger partial charge in [-0.25, -0.2) is 8.42 Å². The Hall–Kier alpha value is -1.30. The minimum Gasteiger partial charge on any atom is -0.467 e. The molecular formula is C15H23NO4S. The van der Waals surface area contributed by atoms with Crippen LogP contribution >= 0.6 is 0 Å². The third-order valence-electron chi connectivity index (χ3n) is 3.92. The van der Waals surface area contributed by atoms with Crippen LogP contribution in [0.3, 0.4) is 0 Å². The number of amides is 1. The zero-order valence-corrected chi connectivity index (χ0v) is 13.4. The fourth-order valence-corrected chi connectivity index (χ4v) is 4.15. The first-order chi connectivity index (χ1) is 9.93. The first-order valence-electron chi connectivity index (χ1n) is 7.46. The predicted molar refractivity (Wildman–Crippen MR) is 80.5 cm³/mol. The van der Waals surface area contributed by atoms with Gasteiger partial charge in [-0.15, -0.1) is 0 Å². The van der Waals surface area contributed by atoms with Crippen molar-refractivity contribution in [1.82, 2.24) is 4.90 Å².